The van der Waals surface area contributed by atoms with Gasteiger partial charge in [0, 0.05) is 24.5 Å². The Bertz CT molecular complexity index is 873. The minimum absolute atomic E-state index is 0.108. The van der Waals surface area contributed by atoms with Gasteiger partial charge < -0.3 is 4.84 Å². The third-order valence-electron chi connectivity index (χ3n) is 3.51. The summed E-state index contributed by atoms with van der Waals surface area (Å²) in [4.78, 5) is 9.05. The lowest BCUT2D eigenvalue weighted by molar-refractivity contribution is 0.155. The number of halogens is 2. The number of rotatable bonds is 5. The third-order valence-corrected chi connectivity index (χ3v) is 5.65. The van der Waals surface area contributed by atoms with Crippen molar-refractivity contribution < 1.29 is 13.3 Å². The molecule has 6 nitrogen and oxygen atoms in total. The standard InChI is InChI=1S/C15H13Cl2N3O3S/c16-13-4-3-10(6-14(13)17)15-11(9-23-20-15)7-19-24(21,22)12-2-1-5-18-8-12/h1-6,8,11,19H,7,9H2. The van der Waals surface area contributed by atoms with Crippen molar-refractivity contribution >= 4 is 38.9 Å². The molecule has 3 rings (SSSR count). The van der Waals surface area contributed by atoms with Crippen LogP contribution in [0.1, 0.15) is 5.56 Å². The van der Waals surface area contributed by atoms with Crippen molar-refractivity contribution in [2.24, 2.45) is 11.1 Å². The number of nitrogens with one attached hydrogen (secondary N) is 1. The van der Waals surface area contributed by atoms with E-state index in [4.69, 9.17) is 28.0 Å². The van der Waals surface area contributed by atoms with E-state index >= 15 is 0 Å². The van der Waals surface area contributed by atoms with Crippen molar-refractivity contribution in [2.45, 2.75) is 4.90 Å². The predicted octanol–water partition coefficient (Wildman–Crippen LogP) is 2.72. The zero-order valence-corrected chi connectivity index (χ0v) is 14.6. The number of pyridine rings is 1. The highest BCUT2D eigenvalue weighted by Gasteiger charge is 2.27. The molecule has 24 heavy (non-hydrogen) atoms. The van der Waals surface area contributed by atoms with Gasteiger partial charge in [-0.3, -0.25) is 4.98 Å². The lowest BCUT2D eigenvalue weighted by atomic mass is 9.98. The van der Waals surface area contributed by atoms with Crippen LogP contribution in [0.5, 0.6) is 0 Å². The van der Waals surface area contributed by atoms with Crippen LogP contribution in [0.4, 0.5) is 0 Å². The van der Waals surface area contributed by atoms with E-state index in [0.717, 1.165) is 5.56 Å². The second-order valence-corrected chi connectivity index (χ2v) is 7.72. The van der Waals surface area contributed by atoms with Crippen LogP contribution in [0.15, 0.2) is 52.8 Å². The number of nitrogens with zero attached hydrogens (tertiary/aromatic N) is 2. The molecule has 0 fully saturated rings. The number of benzene rings is 1. The molecule has 1 N–H and O–H groups in total. The molecule has 1 aromatic carbocycles. The average Bonchev–Trinajstić information content (AvgIpc) is 3.05. The molecule has 0 aliphatic carbocycles. The van der Waals surface area contributed by atoms with Gasteiger partial charge in [0.25, 0.3) is 0 Å². The Morgan fingerprint density at radius 3 is 2.79 bits per heavy atom. The van der Waals surface area contributed by atoms with Gasteiger partial charge in [0.05, 0.1) is 21.7 Å². The molecule has 0 bridgehead atoms. The highest BCUT2D eigenvalue weighted by Crippen LogP contribution is 2.26. The molecular formula is C15H13Cl2N3O3S. The van der Waals surface area contributed by atoms with Crippen LogP contribution >= 0.6 is 23.2 Å². The predicted molar refractivity (Wildman–Crippen MR) is 91.9 cm³/mol. The zero-order chi connectivity index (χ0) is 17.2. The Morgan fingerprint density at radius 1 is 1.25 bits per heavy atom. The van der Waals surface area contributed by atoms with Crippen molar-refractivity contribution in [1.29, 1.82) is 0 Å². The zero-order valence-electron chi connectivity index (χ0n) is 12.3. The highest BCUT2D eigenvalue weighted by atomic mass is 35.5. The van der Waals surface area contributed by atoms with Gasteiger partial charge >= 0.3 is 0 Å². The van der Waals surface area contributed by atoms with Crippen molar-refractivity contribution in [3.63, 3.8) is 0 Å². The fourth-order valence-corrected chi connectivity index (χ4v) is 3.59. The smallest absolute Gasteiger partial charge is 0.242 e. The van der Waals surface area contributed by atoms with Crippen LogP contribution in [-0.4, -0.2) is 32.3 Å². The van der Waals surface area contributed by atoms with Crippen LogP contribution < -0.4 is 4.72 Å². The molecule has 0 saturated heterocycles. The van der Waals surface area contributed by atoms with Crippen LogP contribution in [0, 0.1) is 5.92 Å². The van der Waals surface area contributed by atoms with Gasteiger partial charge in [0.1, 0.15) is 11.5 Å². The summed E-state index contributed by atoms with van der Waals surface area (Å²) < 4.78 is 27.1. The van der Waals surface area contributed by atoms with E-state index < -0.39 is 10.0 Å². The Morgan fingerprint density at radius 2 is 2.08 bits per heavy atom. The van der Waals surface area contributed by atoms with E-state index in [0.29, 0.717) is 15.8 Å². The Labute approximate surface area is 149 Å². The van der Waals surface area contributed by atoms with Gasteiger partial charge in [-0.25, -0.2) is 13.1 Å². The van der Waals surface area contributed by atoms with E-state index in [2.05, 4.69) is 14.9 Å². The second kappa shape index (κ2) is 7.06. The first-order valence-corrected chi connectivity index (χ1v) is 9.26. The molecule has 0 radical (unpaired) electrons. The lowest BCUT2D eigenvalue weighted by Crippen LogP contribution is -2.33. The number of hydrogen-bond acceptors (Lipinski definition) is 5. The molecule has 2 heterocycles. The summed E-state index contributed by atoms with van der Waals surface area (Å²) >= 11 is 11.9. The molecule has 9 heteroatoms. The fourth-order valence-electron chi connectivity index (χ4n) is 2.25. The highest BCUT2D eigenvalue weighted by molar-refractivity contribution is 7.89. The maximum Gasteiger partial charge on any atom is 0.242 e. The number of oxime groups is 1. The molecular weight excluding hydrogens is 373 g/mol. The van der Waals surface area contributed by atoms with Crippen molar-refractivity contribution in [1.82, 2.24) is 9.71 Å². The van der Waals surface area contributed by atoms with Gasteiger partial charge in [-0.2, -0.15) is 0 Å². The summed E-state index contributed by atoms with van der Waals surface area (Å²) in [7, 11) is -3.64. The topological polar surface area (TPSA) is 80.7 Å². The maximum absolute atomic E-state index is 12.3. The first-order chi connectivity index (χ1) is 11.5. The van der Waals surface area contributed by atoms with E-state index in [1.165, 1.54) is 18.5 Å². The summed E-state index contributed by atoms with van der Waals surface area (Å²) in [5.74, 6) is -0.228. The van der Waals surface area contributed by atoms with Crippen LogP contribution in [0.25, 0.3) is 0 Å². The third kappa shape index (κ3) is 3.70. The first-order valence-electron chi connectivity index (χ1n) is 7.02. The van der Waals surface area contributed by atoms with Crippen molar-refractivity contribution in [3.8, 4) is 0 Å². The number of hydrogen-bond donors (Lipinski definition) is 1. The van der Waals surface area contributed by atoms with Gasteiger partial charge in [0.2, 0.25) is 10.0 Å². The Hall–Kier alpha value is -1.67. The Balaban J connectivity index is 1.74. The molecule has 126 valence electrons. The molecule has 0 spiro atoms. The van der Waals surface area contributed by atoms with Gasteiger partial charge in [-0.05, 0) is 24.3 Å². The summed E-state index contributed by atoms with van der Waals surface area (Å²) in [6, 6.07) is 8.16. The summed E-state index contributed by atoms with van der Waals surface area (Å²) in [5, 5.41) is 4.84. The minimum atomic E-state index is -3.64. The Kier molecular flexibility index (Phi) is 5.05. The lowest BCUT2D eigenvalue weighted by Gasteiger charge is -2.13. The summed E-state index contributed by atoms with van der Waals surface area (Å²) in [6.45, 7) is 0.432. The van der Waals surface area contributed by atoms with E-state index in [-0.39, 0.29) is 24.0 Å². The molecule has 0 amide bonds. The fraction of sp³-hybridized carbons (Fsp3) is 0.200. The van der Waals surface area contributed by atoms with Crippen LogP contribution in [0.2, 0.25) is 10.0 Å². The second-order valence-electron chi connectivity index (χ2n) is 5.14. The molecule has 1 unspecified atom stereocenters. The maximum atomic E-state index is 12.3. The largest absolute Gasteiger partial charge is 0.395 e. The summed E-state index contributed by atoms with van der Waals surface area (Å²) in [5.41, 5.74) is 1.37. The molecule has 1 aliphatic rings. The number of aromatic nitrogens is 1. The monoisotopic (exact) mass is 385 g/mol. The molecule has 1 aliphatic heterocycles. The molecule has 1 aromatic heterocycles. The van der Waals surface area contributed by atoms with Gasteiger partial charge in [-0.1, -0.05) is 34.4 Å². The van der Waals surface area contributed by atoms with E-state index in [1.54, 1.807) is 24.3 Å². The van der Waals surface area contributed by atoms with Crippen LogP contribution in [-0.2, 0) is 14.9 Å². The van der Waals surface area contributed by atoms with Crippen molar-refractivity contribution in [2.75, 3.05) is 13.2 Å². The SMILES string of the molecule is O=S(=O)(NCC1CON=C1c1ccc(Cl)c(Cl)c1)c1cccnc1. The van der Waals surface area contributed by atoms with E-state index in [1.807, 2.05) is 0 Å². The number of sulfonamides is 1. The first kappa shape index (κ1) is 17.2. The van der Waals surface area contributed by atoms with Crippen molar-refractivity contribution in [3.05, 3.63) is 58.3 Å². The van der Waals surface area contributed by atoms with E-state index in [9.17, 15) is 8.42 Å². The summed E-state index contributed by atoms with van der Waals surface area (Å²) in [6.07, 6.45) is 2.81. The quantitative estimate of drug-likeness (QED) is 0.857. The average molecular weight is 386 g/mol. The molecule has 2 aromatic rings. The minimum Gasteiger partial charge on any atom is -0.395 e. The molecule has 1 atom stereocenters. The normalized spacial score (nSPS) is 17.4. The van der Waals surface area contributed by atoms with Gasteiger partial charge in [0.15, 0.2) is 0 Å². The molecule has 0 saturated carbocycles. The van der Waals surface area contributed by atoms with Crippen LogP contribution in [0.3, 0.4) is 0 Å². The van der Waals surface area contributed by atoms with Gasteiger partial charge in [-0.15, -0.1) is 0 Å².